The van der Waals surface area contributed by atoms with Gasteiger partial charge in [0.1, 0.15) is 0 Å². The third-order valence-electron chi connectivity index (χ3n) is 3.64. The topological polar surface area (TPSA) is 0 Å². The Morgan fingerprint density at radius 1 is 1.08 bits per heavy atom. The average molecular weight is 160 g/mol. The summed E-state index contributed by atoms with van der Waals surface area (Å²) in [6, 6.07) is 0. The molecule has 0 amide bonds. The van der Waals surface area contributed by atoms with Gasteiger partial charge in [0.05, 0.1) is 0 Å². The van der Waals surface area contributed by atoms with Crippen LogP contribution >= 0.6 is 0 Å². The number of hydrogen-bond acceptors (Lipinski definition) is 0. The van der Waals surface area contributed by atoms with Crippen molar-refractivity contribution in [3.8, 4) is 0 Å². The Bertz CT molecular complexity index is 241. The Hall–Kier alpha value is -0.520. The lowest BCUT2D eigenvalue weighted by Crippen LogP contribution is -2.21. The summed E-state index contributed by atoms with van der Waals surface area (Å²) in [5.41, 5.74) is 1.79. The first-order valence-corrected chi connectivity index (χ1v) is 5.32. The number of hydrogen-bond donors (Lipinski definition) is 0. The maximum Gasteiger partial charge on any atom is -0.00190 e. The zero-order valence-corrected chi connectivity index (χ0v) is 7.50. The van der Waals surface area contributed by atoms with Crippen molar-refractivity contribution in [1.82, 2.24) is 0 Å². The molecule has 0 radical (unpaired) electrons. The van der Waals surface area contributed by atoms with Crippen LogP contribution in [0, 0.1) is 17.8 Å². The fourth-order valence-corrected chi connectivity index (χ4v) is 2.79. The molecule has 0 heteroatoms. The summed E-state index contributed by atoms with van der Waals surface area (Å²) in [6.45, 7) is 0. The highest BCUT2D eigenvalue weighted by Crippen LogP contribution is 2.47. The molecule has 64 valence electrons. The van der Waals surface area contributed by atoms with E-state index in [-0.39, 0.29) is 0 Å². The van der Waals surface area contributed by atoms with Crippen molar-refractivity contribution in [2.24, 2.45) is 17.8 Å². The molecule has 0 aliphatic heterocycles. The first-order valence-electron chi connectivity index (χ1n) is 5.32. The van der Waals surface area contributed by atoms with Gasteiger partial charge in [-0.05, 0) is 37.0 Å². The molecular weight excluding hydrogens is 144 g/mol. The van der Waals surface area contributed by atoms with Gasteiger partial charge in [0.15, 0.2) is 0 Å². The lowest BCUT2D eigenvalue weighted by Gasteiger charge is -2.30. The fraction of sp³-hybridized carbons (Fsp3) is 0.667. The van der Waals surface area contributed by atoms with Crippen LogP contribution < -0.4 is 0 Å². The van der Waals surface area contributed by atoms with Crippen molar-refractivity contribution in [3.63, 3.8) is 0 Å². The second kappa shape index (κ2) is 2.48. The Balaban J connectivity index is 1.72. The first-order chi connectivity index (χ1) is 5.95. The Morgan fingerprint density at radius 3 is 2.50 bits per heavy atom. The SMILES string of the molecule is C1=CC1C1CCCCC1C1=CC1. The van der Waals surface area contributed by atoms with Gasteiger partial charge in [0.25, 0.3) is 0 Å². The normalized spacial score (nSPS) is 39.5. The zero-order chi connectivity index (χ0) is 7.97. The van der Waals surface area contributed by atoms with Gasteiger partial charge in [-0.3, -0.25) is 0 Å². The Kier molecular flexibility index (Phi) is 1.44. The van der Waals surface area contributed by atoms with Gasteiger partial charge in [-0.2, -0.15) is 0 Å². The summed E-state index contributed by atoms with van der Waals surface area (Å²) >= 11 is 0. The van der Waals surface area contributed by atoms with E-state index in [9.17, 15) is 0 Å². The molecule has 0 N–H and O–H groups in total. The van der Waals surface area contributed by atoms with Gasteiger partial charge < -0.3 is 0 Å². The molecule has 2 atom stereocenters. The summed E-state index contributed by atoms with van der Waals surface area (Å²) in [5.74, 6) is 2.89. The predicted octanol–water partition coefficient (Wildman–Crippen LogP) is 3.31. The van der Waals surface area contributed by atoms with Gasteiger partial charge in [-0.25, -0.2) is 0 Å². The van der Waals surface area contributed by atoms with E-state index in [1.54, 1.807) is 5.57 Å². The number of allylic oxidation sites excluding steroid dienone is 4. The highest BCUT2D eigenvalue weighted by molar-refractivity contribution is 5.29. The van der Waals surface area contributed by atoms with E-state index in [0.29, 0.717) is 0 Å². The van der Waals surface area contributed by atoms with E-state index in [2.05, 4.69) is 18.2 Å². The summed E-state index contributed by atoms with van der Waals surface area (Å²) in [5, 5.41) is 0. The van der Waals surface area contributed by atoms with E-state index >= 15 is 0 Å². The van der Waals surface area contributed by atoms with Crippen molar-refractivity contribution < 1.29 is 0 Å². The molecule has 0 bridgehead atoms. The molecule has 0 saturated heterocycles. The molecule has 12 heavy (non-hydrogen) atoms. The minimum Gasteiger partial charge on any atom is -0.0807 e. The molecule has 3 rings (SSSR count). The average Bonchev–Trinajstić information content (AvgIpc) is 2.99. The van der Waals surface area contributed by atoms with Crippen LogP contribution in [0.5, 0.6) is 0 Å². The van der Waals surface area contributed by atoms with Gasteiger partial charge in [-0.1, -0.05) is 36.6 Å². The second-order valence-corrected chi connectivity index (χ2v) is 4.50. The van der Waals surface area contributed by atoms with Gasteiger partial charge in [0.2, 0.25) is 0 Å². The molecule has 0 aromatic heterocycles. The Labute approximate surface area is 74.4 Å². The molecule has 0 aromatic carbocycles. The summed E-state index contributed by atoms with van der Waals surface area (Å²) in [7, 11) is 0. The van der Waals surface area contributed by atoms with Gasteiger partial charge in [0, 0.05) is 0 Å². The van der Waals surface area contributed by atoms with Crippen LogP contribution in [0.4, 0.5) is 0 Å². The minimum atomic E-state index is 0.900. The molecule has 0 aromatic rings. The van der Waals surface area contributed by atoms with Crippen LogP contribution in [-0.2, 0) is 0 Å². The lowest BCUT2D eigenvalue weighted by atomic mass is 9.74. The van der Waals surface area contributed by atoms with E-state index in [1.807, 2.05) is 0 Å². The molecule has 0 nitrogen and oxygen atoms in total. The third kappa shape index (κ3) is 1.14. The molecule has 0 heterocycles. The van der Waals surface area contributed by atoms with Crippen LogP contribution in [0.3, 0.4) is 0 Å². The van der Waals surface area contributed by atoms with Crippen LogP contribution in [0.25, 0.3) is 0 Å². The molecule has 0 spiro atoms. The van der Waals surface area contributed by atoms with Crippen molar-refractivity contribution in [2.75, 3.05) is 0 Å². The molecule has 2 unspecified atom stereocenters. The van der Waals surface area contributed by atoms with Crippen LogP contribution in [0.15, 0.2) is 23.8 Å². The smallest absolute Gasteiger partial charge is 0.00190 e. The quantitative estimate of drug-likeness (QED) is 0.544. The van der Waals surface area contributed by atoms with Crippen molar-refractivity contribution in [1.29, 1.82) is 0 Å². The summed E-state index contributed by atoms with van der Waals surface area (Å²) in [4.78, 5) is 0. The summed E-state index contributed by atoms with van der Waals surface area (Å²) in [6.07, 6.45) is 14.5. The third-order valence-corrected chi connectivity index (χ3v) is 3.64. The maximum atomic E-state index is 2.44. The van der Waals surface area contributed by atoms with Crippen LogP contribution in [-0.4, -0.2) is 0 Å². The van der Waals surface area contributed by atoms with Crippen LogP contribution in [0.2, 0.25) is 0 Å². The minimum absolute atomic E-state index is 0.900. The first kappa shape index (κ1) is 6.94. The van der Waals surface area contributed by atoms with Gasteiger partial charge >= 0.3 is 0 Å². The van der Waals surface area contributed by atoms with Gasteiger partial charge in [-0.15, -0.1) is 0 Å². The highest BCUT2D eigenvalue weighted by Gasteiger charge is 2.36. The van der Waals surface area contributed by atoms with E-state index in [0.717, 1.165) is 17.8 Å². The largest absolute Gasteiger partial charge is 0.0807 e. The fourth-order valence-electron chi connectivity index (χ4n) is 2.79. The van der Waals surface area contributed by atoms with Crippen molar-refractivity contribution >= 4 is 0 Å². The zero-order valence-electron chi connectivity index (χ0n) is 7.50. The Morgan fingerprint density at radius 2 is 1.83 bits per heavy atom. The monoisotopic (exact) mass is 160 g/mol. The van der Waals surface area contributed by atoms with E-state index in [4.69, 9.17) is 0 Å². The molecule has 3 aliphatic carbocycles. The van der Waals surface area contributed by atoms with E-state index < -0.39 is 0 Å². The molecule has 1 fully saturated rings. The summed E-state index contributed by atoms with van der Waals surface area (Å²) < 4.78 is 0. The maximum absolute atomic E-state index is 2.44. The molecular formula is C12H16. The lowest BCUT2D eigenvalue weighted by molar-refractivity contribution is 0.257. The van der Waals surface area contributed by atoms with Crippen molar-refractivity contribution in [2.45, 2.75) is 32.1 Å². The van der Waals surface area contributed by atoms with E-state index in [1.165, 1.54) is 32.1 Å². The standard InChI is InChI=1S/C12H16/c1-2-4-12(10-7-8-10)11(3-1)9-5-6-9/h5-7,9,11-12H,1-4,8H2. The van der Waals surface area contributed by atoms with Crippen molar-refractivity contribution in [3.05, 3.63) is 23.8 Å². The second-order valence-electron chi connectivity index (χ2n) is 4.50. The number of rotatable bonds is 2. The molecule has 1 saturated carbocycles. The predicted molar refractivity (Wildman–Crippen MR) is 50.8 cm³/mol. The molecule has 3 aliphatic rings. The van der Waals surface area contributed by atoms with Crippen LogP contribution in [0.1, 0.15) is 32.1 Å². The highest BCUT2D eigenvalue weighted by atomic mass is 14.4.